The zero-order valence-corrected chi connectivity index (χ0v) is 12.3. The number of anilines is 1. The van der Waals surface area contributed by atoms with E-state index in [1.165, 1.54) is 12.3 Å². The molecule has 0 aromatic carbocycles. The summed E-state index contributed by atoms with van der Waals surface area (Å²) >= 11 is 3.01. The number of furan rings is 1. The molecular formula is C11H11BrN2O4S. The van der Waals surface area contributed by atoms with E-state index in [4.69, 9.17) is 9.52 Å². The van der Waals surface area contributed by atoms with Crippen LogP contribution in [0.3, 0.4) is 0 Å². The van der Waals surface area contributed by atoms with Gasteiger partial charge in [-0.15, -0.1) is 0 Å². The first kappa shape index (κ1) is 14.0. The number of hydrogen-bond donors (Lipinski definition) is 2. The van der Waals surface area contributed by atoms with Crippen molar-refractivity contribution in [1.29, 1.82) is 0 Å². The fraction of sp³-hybridized carbons (Fsp3) is 0.182. The first-order valence-corrected chi connectivity index (χ1v) is 7.54. The van der Waals surface area contributed by atoms with Crippen LogP contribution in [0.2, 0.25) is 0 Å². The summed E-state index contributed by atoms with van der Waals surface area (Å²) in [4.78, 5) is 3.80. The van der Waals surface area contributed by atoms with Crippen LogP contribution in [0.4, 0.5) is 5.69 Å². The van der Waals surface area contributed by atoms with Crippen molar-refractivity contribution in [2.24, 2.45) is 0 Å². The number of nitrogens with one attached hydrogen (secondary N) is 1. The van der Waals surface area contributed by atoms with E-state index < -0.39 is 10.0 Å². The second kappa shape index (κ2) is 5.32. The Bertz CT molecular complexity index is 696. The molecule has 0 saturated carbocycles. The number of nitrogens with zero attached hydrogens (tertiary/aromatic N) is 1. The maximum absolute atomic E-state index is 12.2. The van der Waals surface area contributed by atoms with Crippen LogP contribution in [0.25, 0.3) is 0 Å². The fourth-order valence-electron chi connectivity index (χ4n) is 1.43. The molecule has 0 saturated heterocycles. The number of aromatic nitrogens is 1. The number of rotatable bonds is 4. The van der Waals surface area contributed by atoms with E-state index in [1.807, 2.05) is 0 Å². The second-order valence-corrected chi connectivity index (χ2v) is 6.18. The molecule has 0 fully saturated rings. The summed E-state index contributed by atoms with van der Waals surface area (Å²) in [7, 11) is -3.80. The van der Waals surface area contributed by atoms with Gasteiger partial charge in [0.2, 0.25) is 0 Å². The van der Waals surface area contributed by atoms with Crippen molar-refractivity contribution in [2.75, 3.05) is 4.72 Å². The predicted molar refractivity (Wildman–Crippen MR) is 72.1 cm³/mol. The van der Waals surface area contributed by atoms with Gasteiger partial charge in [0.25, 0.3) is 10.0 Å². The molecule has 0 aliphatic rings. The van der Waals surface area contributed by atoms with Gasteiger partial charge in [-0.05, 0) is 34.5 Å². The molecule has 0 radical (unpaired) electrons. The van der Waals surface area contributed by atoms with Gasteiger partial charge >= 0.3 is 0 Å². The lowest BCUT2D eigenvalue weighted by Crippen LogP contribution is -2.13. The molecule has 8 heteroatoms. The summed E-state index contributed by atoms with van der Waals surface area (Å²) in [5, 5.41) is 8.94. The van der Waals surface area contributed by atoms with Crippen LogP contribution in [0.5, 0.6) is 0 Å². The van der Waals surface area contributed by atoms with Crippen LogP contribution in [-0.2, 0) is 16.6 Å². The minimum Gasteiger partial charge on any atom is -0.450 e. The maximum Gasteiger partial charge on any atom is 0.266 e. The van der Waals surface area contributed by atoms with Gasteiger partial charge in [0, 0.05) is 12.3 Å². The third-order valence-electron chi connectivity index (χ3n) is 2.44. The molecule has 2 aromatic heterocycles. The highest BCUT2D eigenvalue weighted by Crippen LogP contribution is 2.28. The van der Waals surface area contributed by atoms with Crippen molar-refractivity contribution < 1.29 is 17.9 Å². The lowest BCUT2D eigenvalue weighted by Gasteiger charge is -2.08. The first-order valence-electron chi connectivity index (χ1n) is 5.26. The molecule has 0 amide bonds. The summed E-state index contributed by atoms with van der Waals surface area (Å²) in [6.45, 7) is 1.39. The Morgan fingerprint density at radius 1 is 1.53 bits per heavy atom. The highest BCUT2D eigenvalue weighted by Gasteiger charge is 2.23. The zero-order valence-electron chi connectivity index (χ0n) is 9.92. The van der Waals surface area contributed by atoms with E-state index in [0.717, 1.165) is 5.56 Å². The zero-order chi connectivity index (χ0) is 14.0. The van der Waals surface area contributed by atoms with E-state index in [2.05, 4.69) is 25.6 Å². The molecule has 102 valence electrons. The number of sulfonamides is 1. The molecule has 0 spiro atoms. The van der Waals surface area contributed by atoms with Gasteiger partial charge < -0.3 is 9.52 Å². The van der Waals surface area contributed by atoms with Gasteiger partial charge in [-0.25, -0.2) is 8.42 Å². The van der Waals surface area contributed by atoms with Crippen LogP contribution < -0.4 is 4.72 Å². The third kappa shape index (κ3) is 2.96. The predicted octanol–water partition coefficient (Wildman–Crippen LogP) is 2.04. The number of pyridine rings is 1. The molecule has 0 aliphatic heterocycles. The van der Waals surface area contributed by atoms with E-state index >= 15 is 0 Å². The molecule has 2 aromatic rings. The Hall–Kier alpha value is -1.38. The van der Waals surface area contributed by atoms with Crippen molar-refractivity contribution in [2.45, 2.75) is 18.4 Å². The fourth-order valence-corrected chi connectivity index (χ4v) is 3.54. The topological polar surface area (TPSA) is 92.4 Å². The summed E-state index contributed by atoms with van der Waals surface area (Å²) in [5.41, 5.74) is 1.14. The first-order chi connectivity index (χ1) is 8.94. The SMILES string of the molecule is Cc1ccncc1NS(=O)(=O)c1cc(CO)oc1Br. The lowest BCUT2D eigenvalue weighted by atomic mass is 10.3. The number of aliphatic hydroxyl groups excluding tert-OH is 1. The van der Waals surface area contributed by atoms with Crippen molar-refractivity contribution in [1.82, 2.24) is 4.98 Å². The molecule has 6 nitrogen and oxygen atoms in total. The molecule has 2 N–H and O–H groups in total. The summed E-state index contributed by atoms with van der Waals surface area (Å²) in [6.07, 6.45) is 3.00. The molecule has 2 heterocycles. The van der Waals surface area contributed by atoms with Crippen molar-refractivity contribution in [3.63, 3.8) is 0 Å². The monoisotopic (exact) mass is 346 g/mol. The van der Waals surface area contributed by atoms with E-state index in [0.29, 0.717) is 5.69 Å². The number of hydrogen-bond acceptors (Lipinski definition) is 5. The Labute approximate surface area is 118 Å². The van der Waals surface area contributed by atoms with Crippen molar-refractivity contribution >= 4 is 31.6 Å². The van der Waals surface area contributed by atoms with Gasteiger partial charge in [0.05, 0.1) is 11.9 Å². The minimum atomic E-state index is -3.80. The quantitative estimate of drug-likeness (QED) is 0.883. The Morgan fingerprint density at radius 3 is 2.84 bits per heavy atom. The Kier molecular flexibility index (Phi) is 3.93. The van der Waals surface area contributed by atoms with Crippen LogP contribution in [0.15, 0.2) is 38.5 Å². The van der Waals surface area contributed by atoms with Crippen molar-refractivity contribution in [3.05, 3.63) is 40.5 Å². The largest absolute Gasteiger partial charge is 0.450 e. The van der Waals surface area contributed by atoms with Crippen LogP contribution in [0.1, 0.15) is 11.3 Å². The van der Waals surface area contributed by atoms with Crippen LogP contribution >= 0.6 is 15.9 Å². The van der Waals surface area contributed by atoms with Crippen LogP contribution in [-0.4, -0.2) is 18.5 Å². The second-order valence-electron chi connectivity index (χ2n) is 3.80. The summed E-state index contributed by atoms with van der Waals surface area (Å²) in [5.74, 6) is 0.162. The summed E-state index contributed by atoms with van der Waals surface area (Å²) < 4.78 is 31.9. The average Bonchev–Trinajstić information content (AvgIpc) is 2.74. The standard InChI is InChI=1S/C11H11BrN2O4S/c1-7-2-3-13-5-9(7)14-19(16,17)10-4-8(6-15)18-11(10)12/h2-5,14-15H,6H2,1H3. The number of aliphatic hydroxyl groups is 1. The lowest BCUT2D eigenvalue weighted by molar-refractivity contribution is 0.245. The third-order valence-corrected chi connectivity index (χ3v) is 4.66. The van der Waals surface area contributed by atoms with Gasteiger partial charge in [-0.1, -0.05) is 0 Å². The normalized spacial score (nSPS) is 11.5. The molecule has 0 aliphatic carbocycles. The van der Waals surface area contributed by atoms with E-state index in [9.17, 15) is 8.42 Å². The van der Waals surface area contributed by atoms with Crippen molar-refractivity contribution in [3.8, 4) is 0 Å². The highest BCUT2D eigenvalue weighted by molar-refractivity contribution is 9.10. The van der Waals surface area contributed by atoms with Gasteiger partial charge in [-0.3, -0.25) is 9.71 Å². The Balaban J connectivity index is 2.38. The van der Waals surface area contributed by atoms with Gasteiger partial charge in [0.15, 0.2) is 4.67 Å². The molecule has 2 rings (SSSR count). The molecule has 0 atom stereocenters. The van der Waals surface area contributed by atoms with Gasteiger partial charge in [-0.2, -0.15) is 0 Å². The Morgan fingerprint density at radius 2 is 2.26 bits per heavy atom. The molecule has 0 bridgehead atoms. The average molecular weight is 347 g/mol. The van der Waals surface area contributed by atoms with Gasteiger partial charge in [0.1, 0.15) is 17.3 Å². The molecule has 19 heavy (non-hydrogen) atoms. The summed E-state index contributed by atoms with van der Waals surface area (Å²) in [6, 6.07) is 2.96. The highest BCUT2D eigenvalue weighted by atomic mass is 79.9. The number of aryl methyl sites for hydroxylation is 1. The maximum atomic E-state index is 12.2. The van der Waals surface area contributed by atoms with E-state index in [1.54, 1.807) is 19.2 Å². The van der Waals surface area contributed by atoms with E-state index in [-0.39, 0.29) is 21.9 Å². The smallest absolute Gasteiger partial charge is 0.266 e. The number of halogens is 1. The van der Waals surface area contributed by atoms with Crippen LogP contribution in [0, 0.1) is 6.92 Å². The minimum absolute atomic E-state index is 0.0468. The molecular weight excluding hydrogens is 336 g/mol. The molecule has 0 unspecified atom stereocenters.